The Bertz CT molecular complexity index is 700. The number of rotatable bonds is 4. The molecule has 3 aromatic heterocycles. The molecule has 3 aromatic rings. The molecule has 5 heteroatoms. The number of anilines is 1. The van der Waals surface area contributed by atoms with Crippen molar-refractivity contribution in [3.63, 3.8) is 0 Å². The molecule has 0 amide bonds. The van der Waals surface area contributed by atoms with Crippen molar-refractivity contribution in [2.24, 2.45) is 0 Å². The number of nitrogens with zero attached hydrogens (tertiary/aromatic N) is 2. The van der Waals surface area contributed by atoms with E-state index in [9.17, 15) is 0 Å². The maximum Gasteiger partial charge on any atom is 0.147 e. The first-order valence-corrected chi connectivity index (χ1v) is 8.03. The highest BCUT2D eigenvalue weighted by molar-refractivity contribution is 7.18. The second kappa shape index (κ2) is 5.27. The van der Waals surface area contributed by atoms with Gasteiger partial charge in [-0.3, -0.25) is 0 Å². The van der Waals surface area contributed by atoms with Crippen molar-refractivity contribution in [3.05, 3.63) is 39.2 Å². The van der Waals surface area contributed by atoms with Crippen LogP contribution in [0.15, 0.2) is 23.2 Å². The van der Waals surface area contributed by atoms with Gasteiger partial charge in [0, 0.05) is 4.88 Å². The Morgan fingerprint density at radius 2 is 2.16 bits per heavy atom. The number of nitrogens with one attached hydrogen (secondary N) is 1. The fraction of sp³-hybridized carbons (Fsp3) is 0.286. The Labute approximate surface area is 120 Å². The zero-order valence-corrected chi connectivity index (χ0v) is 12.6. The summed E-state index contributed by atoms with van der Waals surface area (Å²) in [6, 6.07) is 2.20. The summed E-state index contributed by atoms with van der Waals surface area (Å²) >= 11 is 3.51. The van der Waals surface area contributed by atoms with Gasteiger partial charge in [0.05, 0.1) is 16.8 Å². The largest absolute Gasteiger partial charge is 0.364 e. The molecule has 3 heterocycles. The zero-order valence-electron chi connectivity index (χ0n) is 10.9. The van der Waals surface area contributed by atoms with E-state index in [2.05, 4.69) is 46.0 Å². The van der Waals surface area contributed by atoms with Gasteiger partial charge in [-0.2, -0.15) is 0 Å². The molecule has 0 fully saturated rings. The molecule has 3 nitrogen and oxygen atoms in total. The van der Waals surface area contributed by atoms with E-state index in [1.54, 1.807) is 29.0 Å². The van der Waals surface area contributed by atoms with Crippen LogP contribution < -0.4 is 5.32 Å². The van der Waals surface area contributed by atoms with E-state index < -0.39 is 0 Å². The lowest BCUT2D eigenvalue weighted by atomic mass is 10.2. The van der Waals surface area contributed by atoms with E-state index in [-0.39, 0.29) is 0 Å². The molecule has 1 N–H and O–H groups in total. The molecule has 0 aliphatic carbocycles. The monoisotopic (exact) mass is 289 g/mol. The fourth-order valence-electron chi connectivity index (χ4n) is 2.10. The van der Waals surface area contributed by atoms with E-state index in [1.165, 1.54) is 16.0 Å². The van der Waals surface area contributed by atoms with Crippen molar-refractivity contribution in [1.29, 1.82) is 0 Å². The van der Waals surface area contributed by atoms with Gasteiger partial charge in [-0.1, -0.05) is 6.92 Å². The Hall–Kier alpha value is -1.46. The van der Waals surface area contributed by atoms with Crippen molar-refractivity contribution in [1.82, 2.24) is 9.97 Å². The van der Waals surface area contributed by atoms with Gasteiger partial charge in [0.2, 0.25) is 0 Å². The van der Waals surface area contributed by atoms with Crippen molar-refractivity contribution < 1.29 is 0 Å². The van der Waals surface area contributed by atoms with Crippen LogP contribution in [0, 0.1) is 6.92 Å². The van der Waals surface area contributed by atoms with Crippen LogP contribution in [-0.2, 0) is 13.0 Å². The topological polar surface area (TPSA) is 37.8 Å². The molecule has 0 radical (unpaired) electrons. The second-order valence-electron chi connectivity index (χ2n) is 4.39. The van der Waals surface area contributed by atoms with Crippen LogP contribution in [0.1, 0.15) is 22.9 Å². The summed E-state index contributed by atoms with van der Waals surface area (Å²) in [7, 11) is 0. The highest BCUT2D eigenvalue weighted by Crippen LogP contribution is 2.29. The molecule has 0 atom stereocenters. The number of hydrogen-bond donors (Lipinski definition) is 1. The lowest BCUT2D eigenvalue weighted by Gasteiger charge is -2.06. The summed E-state index contributed by atoms with van der Waals surface area (Å²) in [6.07, 6.45) is 2.72. The summed E-state index contributed by atoms with van der Waals surface area (Å²) in [6.45, 7) is 5.12. The Morgan fingerprint density at radius 3 is 3.00 bits per heavy atom. The molecule has 0 saturated carbocycles. The third-order valence-electron chi connectivity index (χ3n) is 3.17. The van der Waals surface area contributed by atoms with Crippen LogP contribution in [-0.4, -0.2) is 9.97 Å². The molecular formula is C14H15N3S2. The number of aryl methyl sites for hydroxylation is 2. The smallest absolute Gasteiger partial charge is 0.147 e. The predicted octanol–water partition coefficient (Wildman–Crippen LogP) is 4.24. The van der Waals surface area contributed by atoms with Crippen molar-refractivity contribution in [3.8, 4) is 0 Å². The Kier molecular flexibility index (Phi) is 3.48. The molecular weight excluding hydrogens is 274 g/mol. The molecule has 0 aliphatic rings. The van der Waals surface area contributed by atoms with Gasteiger partial charge in [0.15, 0.2) is 0 Å². The van der Waals surface area contributed by atoms with Gasteiger partial charge in [-0.15, -0.1) is 22.7 Å². The maximum atomic E-state index is 4.37. The average Bonchev–Trinajstić information content (AvgIpc) is 3.03. The van der Waals surface area contributed by atoms with Crippen molar-refractivity contribution in [2.45, 2.75) is 26.8 Å². The van der Waals surface area contributed by atoms with Gasteiger partial charge in [-0.25, -0.2) is 9.97 Å². The lowest BCUT2D eigenvalue weighted by molar-refractivity contribution is 1.07. The predicted molar refractivity (Wildman–Crippen MR) is 83.2 cm³/mol. The molecule has 0 aromatic carbocycles. The minimum atomic E-state index is 0.837. The first-order chi connectivity index (χ1) is 9.29. The van der Waals surface area contributed by atoms with Crippen LogP contribution in [0.3, 0.4) is 0 Å². The van der Waals surface area contributed by atoms with Crippen LogP contribution in [0.5, 0.6) is 0 Å². The quantitative estimate of drug-likeness (QED) is 0.781. The molecule has 19 heavy (non-hydrogen) atoms. The first-order valence-electron chi connectivity index (χ1n) is 6.27. The van der Waals surface area contributed by atoms with Crippen LogP contribution >= 0.6 is 22.7 Å². The minimum Gasteiger partial charge on any atom is -0.364 e. The highest BCUT2D eigenvalue weighted by Gasteiger charge is 2.09. The van der Waals surface area contributed by atoms with E-state index in [0.717, 1.165) is 29.0 Å². The summed E-state index contributed by atoms with van der Waals surface area (Å²) in [5.41, 5.74) is 3.70. The number of aromatic nitrogens is 2. The fourth-order valence-corrected chi connectivity index (χ4v) is 3.98. The molecule has 0 spiro atoms. The molecule has 3 rings (SSSR count). The number of fused-ring (bicyclic) bond motifs is 1. The summed E-state index contributed by atoms with van der Waals surface area (Å²) in [5.74, 6) is 0.943. The normalized spacial score (nSPS) is 11.1. The molecule has 0 saturated heterocycles. The van der Waals surface area contributed by atoms with Gasteiger partial charge in [-0.05, 0) is 41.3 Å². The van der Waals surface area contributed by atoms with Gasteiger partial charge < -0.3 is 5.32 Å². The third kappa shape index (κ3) is 2.35. The Morgan fingerprint density at radius 1 is 1.26 bits per heavy atom. The maximum absolute atomic E-state index is 4.37. The number of thiophene rings is 2. The van der Waals surface area contributed by atoms with Crippen molar-refractivity contribution in [2.75, 3.05) is 5.32 Å². The first kappa shape index (κ1) is 12.6. The minimum absolute atomic E-state index is 0.837. The summed E-state index contributed by atoms with van der Waals surface area (Å²) in [5, 5.41) is 7.73. The second-order valence-corrected chi connectivity index (χ2v) is 6.28. The van der Waals surface area contributed by atoms with Gasteiger partial charge in [0.25, 0.3) is 0 Å². The molecule has 0 unspecified atom stereocenters. The summed E-state index contributed by atoms with van der Waals surface area (Å²) < 4.78 is 1.15. The standard InChI is InChI=1S/C14H15N3S2/c1-3-10-4-5-18-11(10)6-15-14-13-12(16-8-17-14)9(2)7-19-13/h4-5,7-8H,3,6H2,1-2H3,(H,15,16,17). The Balaban J connectivity index is 1.86. The SMILES string of the molecule is CCc1ccsc1CNc1ncnc2c(C)csc12. The van der Waals surface area contributed by atoms with E-state index >= 15 is 0 Å². The summed E-state index contributed by atoms with van der Waals surface area (Å²) in [4.78, 5) is 10.1. The van der Waals surface area contributed by atoms with Gasteiger partial charge >= 0.3 is 0 Å². The zero-order chi connectivity index (χ0) is 13.2. The van der Waals surface area contributed by atoms with Crippen LogP contribution in [0.4, 0.5) is 5.82 Å². The third-order valence-corrected chi connectivity index (χ3v) is 5.22. The molecule has 0 aliphatic heterocycles. The van der Waals surface area contributed by atoms with E-state index in [4.69, 9.17) is 0 Å². The average molecular weight is 289 g/mol. The van der Waals surface area contributed by atoms with Crippen molar-refractivity contribution >= 4 is 38.7 Å². The van der Waals surface area contributed by atoms with Gasteiger partial charge in [0.1, 0.15) is 12.1 Å². The van der Waals surface area contributed by atoms with E-state index in [0.29, 0.717) is 0 Å². The number of hydrogen-bond acceptors (Lipinski definition) is 5. The molecule has 0 bridgehead atoms. The lowest BCUT2D eigenvalue weighted by Crippen LogP contribution is -2.02. The van der Waals surface area contributed by atoms with Crippen LogP contribution in [0.25, 0.3) is 10.2 Å². The highest BCUT2D eigenvalue weighted by atomic mass is 32.1. The van der Waals surface area contributed by atoms with E-state index in [1.807, 2.05) is 0 Å². The molecule has 98 valence electrons. The van der Waals surface area contributed by atoms with Crippen LogP contribution in [0.2, 0.25) is 0 Å².